The summed E-state index contributed by atoms with van der Waals surface area (Å²) in [5, 5.41) is 5.55. The summed E-state index contributed by atoms with van der Waals surface area (Å²) >= 11 is 0. The monoisotopic (exact) mass is 631 g/mol. The molecule has 3 aromatic rings. The van der Waals surface area contributed by atoms with E-state index in [-0.39, 0.29) is 31.1 Å². The number of carbonyl (C=O) groups is 2. The minimum atomic E-state index is -4.64. The van der Waals surface area contributed by atoms with Crippen LogP contribution in [0.15, 0.2) is 77.7 Å². The average Bonchev–Trinajstić information content (AvgIpc) is 2.99. The summed E-state index contributed by atoms with van der Waals surface area (Å²) < 4.78 is 67.5. The van der Waals surface area contributed by atoms with Crippen molar-refractivity contribution in [1.29, 1.82) is 0 Å². The number of hydrogen-bond donors (Lipinski definition) is 2. The smallest absolute Gasteiger partial charge is 0.378 e. The Hall–Kier alpha value is -4.10. The lowest BCUT2D eigenvalue weighted by Crippen LogP contribution is -2.61. The lowest BCUT2D eigenvalue weighted by molar-refractivity contribution is -0.137. The van der Waals surface area contributed by atoms with Gasteiger partial charge in [0.2, 0.25) is 15.9 Å². The van der Waals surface area contributed by atoms with Crippen LogP contribution >= 0.6 is 0 Å². The highest BCUT2D eigenvalue weighted by Crippen LogP contribution is 2.31. The Morgan fingerprint density at radius 1 is 0.932 bits per heavy atom. The van der Waals surface area contributed by atoms with Crippen molar-refractivity contribution in [3.05, 3.63) is 89.5 Å². The van der Waals surface area contributed by atoms with Gasteiger partial charge in [-0.2, -0.15) is 17.5 Å². The number of carbonyl (C=O) groups excluding carboxylic acids is 2. The fourth-order valence-electron chi connectivity index (χ4n) is 4.78. The summed E-state index contributed by atoms with van der Waals surface area (Å²) in [6.07, 6.45) is -4.64. The third-order valence-corrected chi connectivity index (χ3v) is 9.38. The molecule has 4 rings (SSSR count). The van der Waals surface area contributed by atoms with Gasteiger partial charge in [-0.15, -0.1) is 0 Å². The van der Waals surface area contributed by atoms with Crippen molar-refractivity contribution in [3.63, 3.8) is 0 Å². The van der Waals surface area contributed by atoms with Crippen LogP contribution in [0, 0.1) is 0 Å². The van der Waals surface area contributed by atoms with Gasteiger partial charge in [-0.1, -0.05) is 38.1 Å². The molecular formula is C31H36F3N5O4S. The maximum atomic E-state index is 13.6. The molecule has 1 heterocycles. The normalized spacial score (nSPS) is 16.1. The minimum absolute atomic E-state index is 0.0398. The molecule has 1 aliphatic rings. The molecule has 44 heavy (non-hydrogen) atoms. The van der Waals surface area contributed by atoms with E-state index in [0.717, 1.165) is 33.3 Å². The maximum absolute atomic E-state index is 13.6. The molecule has 1 aliphatic heterocycles. The van der Waals surface area contributed by atoms with Crippen LogP contribution in [-0.4, -0.2) is 69.3 Å². The Morgan fingerprint density at radius 2 is 1.55 bits per heavy atom. The third kappa shape index (κ3) is 7.69. The second-order valence-corrected chi connectivity index (χ2v) is 13.0. The number of alkyl halides is 3. The van der Waals surface area contributed by atoms with Gasteiger partial charge in [-0.3, -0.25) is 4.79 Å². The van der Waals surface area contributed by atoms with Gasteiger partial charge in [0, 0.05) is 51.6 Å². The standard InChI is InChI=1S/C31H36F3N5O4S/c1-21(2)23-7-5-22(6-8-23)19-35-29(40)28-20-38(30(41)36-25-11-13-26(14-12-25)37(3)4)17-18-39(28)44(42,43)27-15-9-24(10-16-27)31(32,33)34/h5-16,21,28H,17-20H2,1-4H3,(H,35,40)(H,36,41)/t28-/m1/s1. The fraction of sp³-hybridized carbons (Fsp3) is 0.355. The molecule has 0 unspecified atom stereocenters. The topological polar surface area (TPSA) is 102 Å². The van der Waals surface area contributed by atoms with E-state index in [9.17, 15) is 31.2 Å². The van der Waals surface area contributed by atoms with Crippen molar-refractivity contribution in [2.75, 3.05) is 43.9 Å². The second-order valence-electron chi connectivity index (χ2n) is 11.1. The molecule has 0 radical (unpaired) electrons. The molecule has 0 aromatic heterocycles. The number of halogens is 3. The maximum Gasteiger partial charge on any atom is 0.416 e. The van der Waals surface area contributed by atoms with E-state index in [4.69, 9.17) is 0 Å². The summed E-state index contributed by atoms with van der Waals surface area (Å²) in [7, 11) is -0.622. The van der Waals surface area contributed by atoms with Crippen LogP contribution in [0.3, 0.4) is 0 Å². The number of benzene rings is 3. The van der Waals surface area contributed by atoms with Crippen LogP contribution in [0.25, 0.3) is 0 Å². The predicted molar refractivity (Wildman–Crippen MR) is 163 cm³/mol. The van der Waals surface area contributed by atoms with E-state index in [2.05, 4.69) is 24.5 Å². The summed E-state index contributed by atoms with van der Waals surface area (Å²) in [6.45, 7) is 3.70. The van der Waals surface area contributed by atoms with Crippen LogP contribution in [0.4, 0.5) is 29.3 Å². The average molecular weight is 632 g/mol. The molecule has 1 atom stereocenters. The van der Waals surface area contributed by atoms with Crippen LogP contribution in [0.1, 0.15) is 36.5 Å². The third-order valence-electron chi connectivity index (χ3n) is 7.46. The number of nitrogens with zero attached hydrogens (tertiary/aromatic N) is 3. The van der Waals surface area contributed by atoms with Crippen molar-refractivity contribution in [2.24, 2.45) is 0 Å². The van der Waals surface area contributed by atoms with Crippen LogP contribution in [-0.2, 0) is 27.5 Å². The highest BCUT2D eigenvalue weighted by Gasteiger charge is 2.42. The van der Waals surface area contributed by atoms with Crippen molar-refractivity contribution >= 4 is 33.3 Å². The molecule has 236 valence electrons. The first-order valence-electron chi connectivity index (χ1n) is 14.1. The summed E-state index contributed by atoms with van der Waals surface area (Å²) in [5.74, 6) is -0.311. The van der Waals surface area contributed by atoms with E-state index in [1.54, 1.807) is 12.1 Å². The number of hydrogen-bond acceptors (Lipinski definition) is 5. The Morgan fingerprint density at radius 3 is 2.09 bits per heavy atom. The molecule has 2 N–H and O–H groups in total. The van der Waals surface area contributed by atoms with Gasteiger partial charge in [-0.25, -0.2) is 13.2 Å². The van der Waals surface area contributed by atoms with E-state index in [0.29, 0.717) is 23.7 Å². The van der Waals surface area contributed by atoms with E-state index in [1.807, 2.05) is 55.4 Å². The van der Waals surface area contributed by atoms with Gasteiger partial charge in [0.1, 0.15) is 6.04 Å². The molecule has 0 spiro atoms. The van der Waals surface area contributed by atoms with Crippen molar-refractivity contribution in [2.45, 2.75) is 43.4 Å². The van der Waals surface area contributed by atoms with E-state index in [1.165, 1.54) is 4.90 Å². The minimum Gasteiger partial charge on any atom is -0.378 e. The van der Waals surface area contributed by atoms with Gasteiger partial charge in [0.15, 0.2) is 0 Å². The Labute approximate surface area is 255 Å². The number of anilines is 2. The second kappa shape index (κ2) is 13.3. The summed E-state index contributed by atoms with van der Waals surface area (Å²) in [5.41, 5.74) is 2.38. The molecule has 0 aliphatic carbocycles. The molecule has 3 amide bonds. The van der Waals surface area contributed by atoms with Gasteiger partial charge in [-0.05, 0) is 65.6 Å². The molecular weight excluding hydrogens is 595 g/mol. The molecule has 9 nitrogen and oxygen atoms in total. The summed E-state index contributed by atoms with van der Waals surface area (Å²) in [6, 6.07) is 16.0. The molecule has 13 heteroatoms. The lowest BCUT2D eigenvalue weighted by Gasteiger charge is -2.39. The lowest BCUT2D eigenvalue weighted by atomic mass is 10.0. The predicted octanol–water partition coefficient (Wildman–Crippen LogP) is 5.12. The Balaban J connectivity index is 1.55. The van der Waals surface area contributed by atoms with Crippen LogP contribution in [0.2, 0.25) is 0 Å². The van der Waals surface area contributed by atoms with Gasteiger partial charge in [0.05, 0.1) is 10.5 Å². The largest absolute Gasteiger partial charge is 0.416 e. The van der Waals surface area contributed by atoms with Gasteiger partial charge >= 0.3 is 12.2 Å². The van der Waals surface area contributed by atoms with Crippen molar-refractivity contribution in [3.8, 4) is 0 Å². The molecule has 0 bridgehead atoms. The number of amides is 3. The quantitative estimate of drug-likeness (QED) is 0.360. The van der Waals surface area contributed by atoms with Gasteiger partial charge in [0.25, 0.3) is 0 Å². The van der Waals surface area contributed by atoms with Crippen LogP contribution < -0.4 is 15.5 Å². The molecule has 1 saturated heterocycles. The van der Waals surface area contributed by atoms with E-state index < -0.39 is 39.7 Å². The SMILES string of the molecule is CC(C)c1ccc(CNC(=O)[C@H]2CN(C(=O)Nc3ccc(N(C)C)cc3)CCN2S(=O)(=O)c2ccc(C(F)(F)F)cc2)cc1. The highest BCUT2D eigenvalue weighted by molar-refractivity contribution is 7.89. The first kappa shape index (κ1) is 32.8. The van der Waals surface area contributed by atoms with Crippen LogP contribution in [0.5, 0.6) is 0 Å². The number of nitrogens with one attached hydrogen (secondary N) is 2. The first-order chi connectivity index (χ1) is 20.7. The zero-order valence-corrected chi connectivity index (χ0v) is 25.7. The number of rotatable bonds is 8. The number of urea groups is 1. The first-order valence-corrected chi connectivity index (χ1v) is 15.5. The zero-order valence-electron chi connectivity index (χ0n) is 24.9. The van der Waals surface area contributed by atoms with Gasteiger partial charge < -0.3 is 20.4 Å². The van der Waals surface area contributed by atoms with Crippen molar-refractivity contribution in [1.82, 2.24) is 14.5 Å². The summed E-state index contributed by atoms with van der Waals surface area (Å²) in [4.78, 5) is 29.6. The highest BCUT2D eigenvalue weighted by atomic mass is 32.2. The molecule has 1 fully saturated rings. The fourth-order valence-corrected chi connectivity index (χ4v) is 6.35. The Kier molecular flexibility index (Phi) is 9.89. The number of piperazine rings is 1. The molecule has 0 saturated carbocycles. The molecule has 3 aromatic carbocycles. The van der Waals surface area contributed by atoms with Crippen molar-refractivity contribution < 1.29 is 31.2 Å². The Bertz CT molecular complexity index is 1560. The van der Waals surface area contributed by atoms with E-state index >= 15 is 0 Å². The zero-order chi connectivity index (χ0) is 32.2. The number of sulfonamides is 1.